The molecule has 0 radical (unpaired) electrons. The van der Waals surface area contributed by atoms with Crippen LogP contribution in [0, 0.1) is 0 Å². The summed E-state index contributed by atoms with van der Waals surface area (Å²) in [6.07, 6.45) is 0. The number of amides is 1. The topological polar surface area (TPSA) is 69.2 Å². The second-order valence-corrected chi connectivity index (χ2v) is 7.36. The van der Waals surface area contributed by atoms with E-state index in [0.29, 0.717) is 18.7 Å². The molecule has 7 nitrogen and oxygen atoms in total. The SMILES string of the molecule is CN=C(NCc1cccc(C(=O)NCCN(C)C)c1)N(C)Cc1ccc(OC)cc1.I. The van der Waals surface area contributed by atoms with E-state index in [4.69, 9.17) is 4.74 Å². The Balaban J connectivity index is 0.00000480. The molecule has 0 fully saturated rings. The van der Waals surface area contributed by atoms with Crippen molar-refractivity contribution < 1.29 is 9.53 Å². The summed E-state index contributed by atoms with van der Waals surface area (Å²) >= 11 is 0. The summed E-state index contributed by atoms with van der Waals surface area (Å²) in [6.45, 7) is 2.73. The normalized spacial score (nSPS) is 11.0. The molecule has 0 aromatic heterocycles. The fraction of sp³-hybridized carbons (Fsp3) is 0.391. The molecular weight excluding hydrogens is 505 g/mol. The highest BCUT2D eigenvalue weighted by molar-refractivity contribution is 14.0. The molecule has 0 atom stereocenters. The van der Waals surface area contributed by atoms with Crippen LogP contribution in [0.4, 0.5) is 0 Å². The Hall–Kier alpha value is -2.33. The number of hydrogen-bond acceptors (Lipinski definition) is 4. The van der Waals surface area contributed by atoms with E-state index in [1.807, 2.05) is 74.6 Å². The van der Waals surface area contributed by atoms with Gasteiger partial charge in [-0.1, -0.05) is 24.3 Å². The molecule has 0 spiro atoms. The molecule has 2 rings (SSSR count). The highest BCUT2D eigenvalue weighted by Gasteiger charge is 2.09. The minimum atomic E-state index is -0.0558. The lowest BCUT2D eigenvalue weighted by molar-refractivity contribution is 0.0951. The quantitative estimate of drug-likeness (QED) is 0.292. The van der Waals surface area contributed by atoms with Crippen LogP contribution < -0.4 is 15.4 Å². The van der Waals surface area contributed by atoms with Gasteiger partial charge in [-0.05, 0) is 49.5 Å². The first-order valence-corrected chi connectivity index (χ1v) is 9.99. The lowest BCUT2D eigenvalue weighted by Gasteiger charge is -2.22. The first-order valence-electron chi connectivity index (χ1n) is 9.99. The number of nitrogens with zero attached hydrogens (tertiary/aromatic N) is 3. The number of methoxy groups -OCH3 is 1. The van der Waals surface area contributed by atoms with Crippen molar-refractivity contribution in [2.75, 3.05) is 48.4 Å². The molecule has 2 N–H and O–H groups in total. The summed E-state index contributed by atoms with van der Waals surface area (Å²) in [4.78, 5) is 20.8. The van der Waals surface area contributed by atoms with E-state index in [1.165, 1.54) is 0 Å². The number of nitrogens with one attached hydrogen (secondary N) is 2. The Labute approximate surface area is 202 Å². The number of likely N-dealkylation sites (N-methyl/N-ethyl adjacent to an activating group) is 1. The molecule has 0 unspecified atom stereocenters. The average Bonchev–Trinajstić information content (AvgIpc) is 2.74. The Morgan fingerprint density at radius 3 is 2.35 bits per heavy atom. The number of carbonyl (C=O) groups is 1. The summed E-state index contributed by atoms with van der Waals surface area (Å²) in [5, 5.41) is 6.31. The predicted molar refractivity (Wildman–Crippen MR) is 137 cm³/mol. The highest BCUT2D eigenvalue weighted by Crippen LogP contribution is 2.13. The second kappa shape index (κ2) is 13.9. The third-order valence-corrected chi connectivity index (χ3v) is 4.64. The van der Waals surface area contributed by atoms with Crippen LogP contribution in [0.3, 0.4) is 0 Å². The molecule has 2 aromatic carbocycles. The minimum absolute atomic E-state index is 0. The fourth-order valence-electron chi connectivity index (χ4n) is 2.96. The third-order valence-electron chi connectivity index (χ3n) is 4.64. The van der Waals surface area contributed by atoms with Crippen molar-refractivity contribution in [3.8, 4) is 5.75 Å². The van der Waals surface area contributed by atoms with Gasteiger partial charge < -0.3 is 25.2 Å². The van der Waals surface area contributed by atoms with Gasteiger partial charge in [0.1, 0.15) is 5.75 Å². The zero-order valence-electron chi connectivity index (χ0n) is 19.0. The van der Waals surface area contributed by atoms with Gasteiger partial charge in [0.25, 0.3) is 5.91 Å². The number of halogens is 1. The predicted octanol–water partition coefficient (Wildman–Crippen LogP) is 2.81. The molecule has 31 heavy (non-hydrogen) atoms. The van der Waals surface area contributed by atoms with E-state index in [1.54, 1.807) is 14.2 Å². The van der Waals surface area contributed by atoms with Crippen molar-refractivity contribution in [1.29, 1.82) is 0 Å². The largest absolute Gasteiger partial charge is 0.497 e. The standard InChI is InChI=1S/C23H33N5O2.HI/c1-24-23(28(4)17-18-9-11-21(30-5)12-10-18)26-16-19-7-6-8-20(15-19)22(29)25-13-14-27(2)3;/h6-12,15H,13-14,16-17H2,1-5H3,(H,24,26)(H,25,29);1H. The van der Waals surface area contributed by atoms with Crippen molar-refractivity contribution in [2.24, 2.45) is 4.99 Å². The smallest absolute Gasteiger partial charge is 0.251 e. The molecule has 1 amide bonds. The summed E-state index contributed by atoms with van der Waals surface area (Å²) < 4.78 is 5.21. The molecule has 0 heterocycles. The van der Waals surface area contributed by atoms with Crippen LogP contribution in [0.25, 0.3) is 0 Å². The number of hydrogen-bond donors (Lipinski definition) is 2. The van der Waals surface area contributed by atoms with Gasteiger partial charge in [-0.3, -0.25) is 9.79 Å². The Morgan fingerprint density at radius 1 is 1.03 bits per heavy atom. The fourth-order valence-corrected chi connectivity index (χ4v) is 2.96. The van der Waals surface area contributed by atoms with Crippen LogP contribution in [0.5, 0.6) is 5.75 Å². The van der Waals surface area contributed by atoms with Crippen LogP contribution >= 0.6 is 24.0 Å². The first-order chi connectivity index (χ1) is 14.4. The number of guanidine groups is 1. The highest BCUT2D eigenvalue weighted by atomic mass is 127. The molecule has 0 bridgehead atoms. The van der Waals surface area contributed by atoms with E-state index in [9.17, 15) is 4.79 Å². The van der Waals surface area contributed by atoms with Gasteiger partial charge in [0, 0.05) is 45.8 Å². The lowest BCUT2D eigenvalue weighted by atomic mass is 10.1. The van der Waals surface area contributed by atoms with Crippen LogP contribution in [-0.4, -0.2) is 70.1 Å². The summed E-state index contributed by atoms with van der Waals surface area (Å²) in [7, 11) is 9.39. The number of ether oxygens (including phenoxy) is 1. The molecule has 0 aliphatic heterocycles. The van der Waals surface area contributed by atoms with Crippen molar-refractivity contribution in [2.45, 2.75) is 13.1 Å². The summed E-state index contributed by atoms with van der Waals surface area (Å²) in [5.74, 6) is 1.57. The van der Waals surface area contributed by atoms with Crippen LogP contribution in [0.15, 0.2) is 53.5 Å². The molecular formula is C23H34IN5O2. The van der Waals surface area contributed by atoms with Crippen molar-refractivity contribution in [1.82, 2.24) is 20.4 Å². The minimum Gasteiger partial charge on any atom is -0.497 e. The van der Waals surface area contributed by atoms with Gasteiger partial charge in [-0.15, -0.1) is 24.0 Å². The molecule has 0 saturated carbocycles. The van der Waals surface area contributed by atoms with E-state index in [0.717, 1.165) is 35.9 Å². The van der Waals surface area contributed by atoms with Gasteiger partial charge in [0.15, 0.2) is 5.96 Å². The average molecular weight is 539 g/mol. The van der Waals surface area contributed by atoms with Crippen molar-refractivity contribution in [3.63, 3.8) is 0 Å². The Bertz CT molecular complexity index is 840. The zero-order chi connectivity index (χ0) is 21.9. The molecule has 0 saturated heterocycles. The van der Waals surface area contributed by atoms with Gasteiger partial charge in [-0.2, -0.15) is 0 Å². The number of aliphatic imine (C=N–C) groups is 1. The third kappa shape index (κ3) is 9.14. The maximum Gasteiger partial charge on any atom is 0.251 e. The van der Waals surface area contributed by atoms with Crippen LogP contribution in [0.1, 0.15) is 21.5 Å². The summed E-state index contributed by atoms with van der Waals surface area (Å²) in [5.41, 5.74) is 2.85. The lowest BCUT2D eigenvalue weighted by Crippen LogP contribution is -2.38. The molecule has 170 valence electrons. The molecule has 8 heteroatoms. The van der Waals surface area contributed by atoms with Crippen LogP contribution in [0.2, 0.25) is 0 Å². The Morgan fingerprint density at radius 2 is 1.74 bits per heavy atom. The number of rotatable bonds is 9. The van der Waals surface area contributed by atoms with Gasteiger partial charge in [0.2, 0.25) is 0 Å². The zero-order valence-corrected chi connectivity index (χ0v) is 21.3. The Kier molecular flexibility index (Phi) is 11.9. The van der Waals surface area contributed by atoms with Crippen molar-refractivity contribution in [3.05, 3.63) is 65.2 Å². The van der Waals surface area contributed by atoms with Crippen LogP contribution in [-0.2, 0) is 13.1 Å². The first kappa shape index (κ1) is 26.7. The molecule has 0 aliphatic rings. The summed E-state index contributed by atoms with van der Waals surface area (Å²) in [6, 6.07) is 15.6. The van der Waals surface area contributed by atoms with E-state index >= 15 is 0 Å². The number of benzene rings is 2. The van der Waals surface area contributed by atoms with E-state index < -0.39 is 0 Å². The molecule has 2 aromatic rings. The monoisotopic (exact) mass is 539 g/mol. The van der Waals surface area contributed by atoms with Gasteiger partial charge in [-0.25, -0.2) is 0 Å². The van der Waals surface area contributed by atoms with Crippen molar-refractivity contribution >= 4 is 35.8 Å². The maximum atomic E-state index is 12.3. The van der Waals surface area contributed by atoms with Gasteiger partial charge in [0.05, 0.1) is 7.11 Å². The van der Waals surface area contributed by atoms with E-state index in [-0.39, 0.29) is 29.9 Å². The van der Waals surface area contributed by atoms with Gasteiger partial charge >= 0.3 is 0 Å². The number of carbonyl (C=O) groups excluding carboxylic acids is 1. The van der Waals surface area contributed by atoms with E-state index in [2.05, 4.69) is 20.5 Å². The molecule has 0 aliphatic carbocycles. The second-order valence-electron chi connectivity index (χ2n) is 7.36. The maximum absolute atomic E-state index is 12.3.